The van der Waals surface area contributed by atoms with Crippen molar-refractivity contribution in [1.82, 2.24) is 0 Å². The van der Waals surface area contributed by atoms with Crippen molar-refractivity contribution in [2.24, 2.45) is 0 Å². The standard InChI is InChI=1S/C52H32B2N4O2/c1-51(2,3)35-19-29-31-13-26(24-56)15-43-49(31)53(37-11-9-25(23-55)14-41(37)59-43)39-21-34-36(52(4,5)6)20-30-32-16-28(58-8)18-44-50(32)54(38-12-10-27(57-7)17-42(38)60-44)40-22-33(35)47(45(29)39)48(34)46(30)40/h9-22H,1-6H3. The second-order valence-electron chi connectivity index (χ2n) is 18.8. The monoisotopic (exact) mass is 766 g/mol. The van der Waals surface area contributed by atoms with Crippen molar-refractivity contribution in [3.05, 3.63) is 130 Å². The number of fused-ring (bicyclic) bond motifs is 8. The molecule has 0 aromatic heterocycles. The van der Waals surface area contributed by atoms with Gasteiger partial charge in [0.2, 0.25) is 0 Å². The lowest BCUT2D eigenvalue weighted by molar-refractivity contribution is 0.487. The average Bonchev–Trinajstić information content (AvgIpc) is 3.23. The lowest BCUT2D eigenvalue weighted by atomic mass is 9.31. The Morgan fingerprint density at radius 3 is 1.50 bits per heavy atom. The highest BCUT2D eigenvalue weighted by atomic mass is 16.5. The summed E-state index contributed by atoms with van der Waals surface area (Å²) >= 11 is 0. The molecule has 6 nitrogen and oxygen atoms in total. The summed E-state index contributed by atoms with van der Waals surface area (Å²) in [5.41, 5.74) is 14.6. The molecule has 0 amide bonds. The molecule has 4 heterocycles. The van der Waals surface area contributed by atoms with E-state index in [2.05, 4.69) is 93.7 Å². The summed E-state index contributed by atoms with van der Waals surface area (Å²) in [5.74, 6) is 2.59. The first-order valence-corrected chi connectivity index (χ1v) is 20.2. The van der Waals surface area contributed by atoms with Gasteiger partial charge in [0.05, 0.1) is 36.4 Å². The SMILES string of the molecule is [C-]#[N+]c1ccc2c(c1)Oc1cc([N+]#[C-])cc3c1B2c1cc2c(C(C)(C)C)cc4c5c(cc6c(C(C)(C)C)cc-3c1c6c25)B1c2ccc(C#N)cc2Oc2cc(C#N)cc-4c21. The molecule has 0 radical (unpaired) electrons. The second kappa shape index (κ2) is 11.2. The van der Waals surface area contributed by atoms with Gasteiger partial charge in [-0.05, 0) is 153 Å². The Bertz CT molecular complexity index is 3340. The van der Waals surface area contributed by atoms with Gasteiger partial charge in [-0.1, -0.05) is 82.8 Å². The van der Waals surface area contributed by atoms with E-state index in [1.165, 1.54) is 54.4 Å². The average molecular weight is 766 g/mol. The molecule has 0 N–H and O–H groups in total. The van der Waals surface area contributed by atoms with Crippen LogP contribution in [-0.2, 0) is 10.8 Å². The minimum Gasteiger partial charge on any atom is -0.461 e. The maximum Gasteiger partial charge on any atom is 0.252 e. The number of hydrogen-bond acceptors (Lipinski definition) is 4. The fourth-order valence-corrected chi connectivity index (χ4v) is 11.0. The fourth-order valence-electron chi connectivity index (χ4n) is 11.0. The highest BCUT2D eigenvalue weighted by Crippen LogP contribution is 2.51. The normalized spacial score (nSPS) is 13.6. The van der Waals surface area contributed by atoms with Gasteiger partial charge >= 0.3 is 0 Å². The number of benzene rings is 8. The summed E-state index contributed by atoms with van der Waals surface area (Å²) < 4.78 is 13.3. The summed E-state index contributed by atoms with van der Waals surface area (Å²) in [6.45, 7) is 29.2. The number of nitriles is 2. The van der Waals surface area contributed by atoms with Gasteiger partial charge < -0.3 is 9.47 Å². The van der Waals surface area contributed by atoms with E-state index >= 15 is 0 Å². The van der Waals surface area contributed by atoms with E-state index in [9.17, 15) is 10.5 Å². The Morgan fingerprint density at radius 1 is 0.483 bits per heavy atom. The third-order valence-corrected chi connectivity index (χ3v) is 13.4. The van der Waals surface area contributed by atoms with E-state index in [1.807, 2.05) is 54.6 Å². The lowest BCUT2D eigenvalue weighted by Crippen LogP contribution is -2.58. The lowest BCUT2D eigenvalue weighted by Gasteiger charge is -2.39. The molecule has 4 aliphatic rings. The van der Waals surface area contributed by atoms with Crippen LogP contribution in [0, 0.1) is 35.8 Å². The van der Waals surface area contributed by atoms with Crippen molar-refractivity contribution in [2.75, 3.05) is 0 Å². The summed E-state index contributed by atoms with van der Waals surface area (Å²) in [6.07, 6.45) is 0. The molecule has 8 heteroatoms. The van der Waals surface area contributed by atoms with Gasteiger partial charge in [-0.3, -0.25) is 0 Å². The van der Waals surface area contributed by atoms with Crippen molar-refractivity contribution in [1.29, 1.82) is 10.5 Å². The number of rotatable bonds is 0. The molecule has 12 rings (SSSR count). The predicted molar refractivity (Wildman–Crippen MR) is 243 cm³/mol. The smallest absolute Gasteiger partial charge is 0.252 e. The van der Waals surface area contributed by atoms with Crippen molar-refractivity contribution in [2.45, 2.75) is 52.4 Å². The molecule has 0 fully saturated rings. The Kier molecular flexibility index (Phi) is 6.42. The zero-order valence-electron chi connectivity index (χ0n) is 33.8. The molecule has 0 bridgehead atoms. The van der Waals surface area contributed by atoms with E-state index in [-0.39, 0.29) is 24.3 Å². The van der Waals surface area contributed by atoms with E-state index in [0.717, 1.165) is 44.1 Å². The molecule has 0 saturated carbocycles. The van der Waals surface area contributed by atoms with Crippen LogP contribution in [0.25, 0.3) is 64.3 Å². The predicted octanol–water partition coefficient (Wildman–Crippen LogP) is 9.23. The molecule has 60 heavy (non-hydrogen) atoms. The first kappa shape index (κ1) is 34.5. The molecule has 0 unspecified atom stereocenters. The van der Waals surface area contributed by atoms with Crippen LogP contribution in [0.1, 0.15) is 63.8 Å². The number of hydrogen-bond donors (Lipinski definition) is 0. The summed E-state index contributed by atoms with van der Waals surface area (Å²) in [4.78, 5) is 7.69. The Morgan fingerprint density at radius 2 is 0.967 bits per heavy atom. The molecular formula is C52H32B2N4O2. The van der Waals surface area contributed by atoms with Crippen LogP contribution in [0.3, 0.4) is 0 Å². The van der Waals surface area contributed by atoms with Crippen LogP contribution < -0.4 is 42.3 Å². The van der Waals surface area contributed by atoms with Gasteiger partial charge in [-0.25, -0.2) is 9.69 Å². The molecule has 8 aromatic rings. The Hall–Kier alpha value is -7.51. The van der Waals surface area contributed by atoms with Gasteiger partial charge in [0, 0.05) is 0 Å². The molecule has 278 valence electrons. The molecule has 4 aliphatic heterocycles. The van der Waals surface area contributed by atoms with E-state index < -0.39 is 0 Å². The first-order chi connectivity index (χ1) is 28.8. The minimum absolute atomic E-state index is 0.198. The molecular weight excluding hydrogens is 734 g/mol. The maximum absolute atomic E-state index is 10.4. The van der Waals surface area contributed by atoms with Crippen LogP contribution in [-0.4, -0.2) is 13.4 Å². The third-order valence-electron chi connectivity index (χ3n) is 13.4. The molecule has 8 aromatic carbocycles. The zero-order valence-corrected chi connectivity index (χ0v) is 33.8. The molecule has 0 atom stereocenters. The number of nitrogens with zero attached hydrogens (tertiary/aromatic N) is 4. The fraction of sp³-hybridized carbons (Fsp3) is 0.154. The van der Waals surface area contributed by atoms with Gasteiger partial charge in [0.25, 0.3) is 13.4 Å². The Balaban J connectivity index is 1.34. The van der Waals surface area contributed by atoms with E-state index in [0.29, 0.717) is 45.5 Å². The zero-order chi connectivity index (χ0) is 41.3. The van der Waals surface area contributed by atoms with Crippen LogP contribution in [0.2, 0.25) is 0 Å². The van der Waals surface area contributed by atoms with Crippen LogP contribution in [0.15, 0.2) is 84.9 Å². The topological polar surface area (TPSA) is 74.8 Å². The van der Waals surface area contributed by atoms with Crippen molar-refractivity contribution < 1.29 is 9.47 Å². The van der Waals surface area contributed by atoms with Gasteiger partial charge in [0.1, 0.15) is 23.0 Å². The minimum atomic E-state index is -0.275. The highest BCUT2D eigenvalue weighted by molar-refractivity contribution is 7.01. The Labute approximate surface area is 348 Å². The van der Waals surface area contributed by atoms with Crippen LogP contribution >= 0.6 is 0 Å². The maximum atomic E-state index is 10.4. The summed E-state index contributed by atoms with van der Waals surface area (Å²) in [5, 5.41) is 27.5. The quantitative estimate of drug-likeness (QED) is 0.0877. The van der Waals surface area contributed by atoms with Gasteiger partial charge in [-0.2, -0.15) is 10.5 Å². The van der Waals surface area contributed by atoms with Crippen LogP contribution in [0.4, 0.5) is 11.4 Å². The van der Waals surface area contributed by atoms with Crippen LogP contribution in [0.5, 0.6) is 23.0 Å². The van der Waals surface area contributed by atoms with E-state index in [1.54, 1.807) is 0 Å². The van der Waals surface area contributed by atoms with Gasteiger partial charge in [-0.15, -0.1) is 0 Å². The largest absolute Gasteiger partial charge is 0.461 e. The van der Waals surface area contributed by atoms with Crippen molar-refractivity contribution >= 4 is 89.9 Å². The van der Waals surface area contributed by atoms with Gasteiger partial charge in [0.15, 0.2) is 11.4 Å². The second-order valence-corrected chi connectivity index (χ2v) is 18.8. The first-order valence-electron chi connectivity index (χ1n) is 20.2. The van der Waals surface area contributed by atoms with E-state index in [4.69, 9.17) is 22.6 Å². The molecule has 0 aliphatic carbocycles. The number of ether oxygens (including phenoxy) is 2. The third kappa shape index (κ3) is 4.25. The molecule has 0 saturated heterocycles. The highest BCUT2D eigenvalue weighted by Gasteiger charge is 2.45. The summed E-state index contributed by atoms with van der Waals surface area (Å²) in [7, 11) is 0. The van der Waals surface area contributed by atoms with Crippen molar-refractivity contribution in [3.8, 4) is 57.4 Å². The molecule has 0 spiro atoms. The summed E-state index contributed by atoms with van der Waals surface area (Å²) in [6, 6.07) is 33.6. The van der Waals surface area contributed by atoms with Crippen molar-refractivity contribution in [3.63, 3.8) is 0 Å².